The number of hydrogen-bond acceptors (Lipinski definition) is 5. The molecule has 0 atom stereocenters. The molecule has 2 aromatic heterocycles. The number of ether oxygens (including phenoxy) is 2. The van der Waals surface area contributed by atoms with Crippen LogP contribution in [0.2, 0.25) is 5.02 Å². The molecule has 4 aromatic rings. The Morgan fingerprint density at radius 2 is 2.04 bits per heavy atom. The lowest BCUT2D eigenvalue weighted by molar-refractivity contribution is 0.397. The van der Waals surface area contributed by atoms with Crippen LogP contribution in [0.15, 0.2) is 40.9 Å². The minimum Gasteiger partial charge on any atom is -0.480 e. The summed E-state index contributed by atoms with van der Waals surface area (Å²) >= 11 is 6.30. The van der Waals surface area contributed by atoms with Gasteiger partial charge in [0.05, 0.1) is 29.4 Å². The summed E-state index contributed by atoms with van der Waals surface area (Å²) in [5, 5.41) is 1.21. The number of halogens is 1. The number of benzene rings is 2. The number of terminal acetylenes is 1. The number of aryl methyl sites for hydroxylation is 1. The van der Waals surface area contributed by atoms with E-state index in [2.05, 4.69) is 16.1 Å². The van der Waals surface area contributed by atoms with Gasteiger partial charge in [0.1, 0.15) is 17.6 Å². The third-order valence-corrected chi connectivity index (χ3v) is 4.25. The topological polar surface area (TPSA) is 57.4 Å². The number of methoxy groups -OCH3 is 1. The Hall–Kier alpha value is -3.23. The number of aromatic nitrogens is 2. The molecule has 0 bridgehead atoms. The molecule has 0 aliphatic carbocycles. The van der Waals surface area contributed by atoms with E-state index < -0.39 is 0 Å². The van der Waals surface area contributed by atoms with Gasteiger partial charge in [0.25, 0.3) is 0 Å². The fraction of sp³-hybridized carbons (Fsp3) is 0.100. The molecule has 0 radical (unpaired) electrons. The van der Waals surface area contributed by atoms with Crippen LogP contribution in [0.25, 0.3) is 33.3 Å². The van der Waals surface area contributed by atoms with E-state index in [4.69, 9.17) is 31.9 Å². The van der Waals surface area contributed by atoms with E-state index >= 15 is 0 Å². The van der Waals surface area contributed by atoms with Crippen LogP contribution in [-0.2, 0) is 0 Å². The highest BCUT2D eigenvalue weighted by atomic mass is 35.5. The summed E-state index contributed by atoms with van der Waals surface area (Å²) in [6.07, 6.45) is 8.91. The third kappa shape index (κ3) is 2.71. The monoisotopic (exact) mass is 364 g/mol. The summed E-state index contributed by atoms with van der Waals surface area (Å²) in [6, 6.07) is 9.22. The Kier molecular flexibility index (Phi) is 3.90. The Labute approximate surface area is 154 Å². The highest BCUT2D eigenvalue weighted by Gasteiger charge is 2.15. The Bertz CT molecular complexity index is 1190. The van der Waals surface area contributed by atoms with Crippen molar-refractivity contribution < 1.29 is 13.9 Å². The van der Waals surface area contributed by atoms with Crippen molar-refractivity contribution in [2.45, 2.75) is 6.92 Å². The number of furan rings is 1. The second kappa shape index (κ2) is 6.25. The van der Waals surface area contributed by atoms with Crippen molar-refractivity contribution in [3.63, 3.8) is 0 Å². The van der Waals surface area contributed by atoms with Crippen molar-refractivity contribution in [2.24, 2.45) is 0 Å². The minimum absolute atomic E-state index is 0.420. The van der Waals surface area contributed by atoms with Crippen LogP contribution in [0.5, 0.6) is 11.6 Å². The van der Waals surface area contributed by atoms with Gasteiger partial charge in [-0.05, 0) is 36.8 Å². The summed E-state index contributed by atoms with van der Waals surface area (Å²) in [7, 11) is 1.56. The predicted octanol–water partition coefficient (Wildman–Crippen LogP) is 4.98. The highest BCUT2D eigenvalue weighted by Crippen LogP contribution is 2.37. The number of rotatable bonds is 3. The van der Waals surface area contributed by atoms with E-state index in [1.165, 1.54) is 0 Å². The Morgan fingerprint density at radius 3 is 2.81 bits per heavy atom. The molecule has 5 nitrogen and oxygen atoms in total. The maximum Gasteiger partial charge on any atom is 0.232 e. The molecule has 0 aliphatic heterocycles. The first-order valence-electron chi connectivity index (χ1n) is 7.76. The van der Waals surface area contributed by atoms with Crippen molar-refractivity contribution in [1.29, 1.82) is 0 Å². The zero-order valence-electron chi connectivity index (χ0n) is 14.0. The molecule has 4 rings (SSSR count). The van der Waals surface area contributed by atoms with E-state index in [1.54, 1.807) is 25.4 Å². The predicted molar refractivity (Wildman–Crippen MR) is 101 cm³/mol. The first-order valence-corrected chi connectivity index (χ1v) is 8.14. The van der Waals surface area contributed by atoms with Crippen molar-refractivity contribution in [3.8, 4) is 35.5 Å². The molecule has 0 saturated carbocycles. The molecule has 6 heteroatoms. The summed E-state index contributed by atoms with van der Waals surface area (Å²) in [5.41, 5.74) is 3.84. The lowest BCUT2D eigenvalue weighted by Crippen LogP contribution is -1.93. The molecule has 0 spiro atoms. The molecule has 128 valence electrons. The van der Waals surface area contributed by atoms with Crippen molar-refractivity contribution >= 4 is 33.6 Å². The number of hydrogen-bond donors (Lipinski definition) is 0. The van der Waals surface area contributed by atoms with E-state index in [0.29, 0.717) is 33.5 Å². The molecular weight excluding hydrogens is 352 g/mol. The molecule has 0 aliphatic rings. The van der Waals surface area contributed by atoms with Crippen LogP contribution in [0.4, 0.5) is 0 Å². The lowest BCUT2D eigenvalue weighted by Gasteiger charge is -2.06. The largest absolute Gasteiger partial charge is 0.480 e. The maximum absolute atomic E-state index is 6.30. The van der Waals surface area contributed by atoms with E-state index in [0.717, 1.165) is 22.0 Å². The maximum atomic E-state index is 6.30. The molecule has 0 fully saturated rings. The third-order valence-electron chi connectivity index (χ3n) is 3.96. The van der Waals surface area contributed by atoms with E-state index in [9.17, 15) is 0 Å². The molecule has 0 N–H and O–H groups in total. The first kappa shape index (κ1) is 16.2. The van der Waals surface area contributed by atoms with Crippen LogP contribution in [-0.4, -0.2) is 17.1 Å². The van der Waals surface area contributed by atoms with Crippen LogP contribution < -0.4 is 9.47 Å². The average Bonchev–Trinajstić information content (AvgIpc) is 3.05. The smallest absolute Gasteiger partial charge is 0.232 e. The van der Waals surface area contributed by atoms with Crippen LogP contribution in [0, 0.1) is 19.5 Å². The van der Waals surface area contributed by atoms with Gasteiger partial charge in [-0.25, -0.2) is 9.97 Å². The first-order chi connectivity index (χ1) is 12.6. The lowest BCUT2D eigenvalue weighted by atomic mass is 10.1. The molecule has 0 amide bonds. The quantitative estimate of drug-likeness (QED) is 0.480. The summed E-state index contributed by atoms with van der Waals surface area (Å²) in [5.74, 6) is 1.57. The molecule has 0 saturated heterocycles. The van der Waals surface area contributed by atoms with Gasteiger partial charge in [0, 0.05) is 17.0 Å². The summed E-state index contributed by atoms with van der Waals surface area (Å²) in [6.45, 7) is 1.98. The fourth-order valence-corrected chi connectivity index (χ4v) is 3.13. The normalized spacial score (nSPS) is 10.8. The van der Waals surface area contributed by atoms with Gasteiger partial charge in [0.15, 0.2) is 5.58 Å². The molecular formula is C20H13ClN2O3. The fourth-order valence-electron chi connectivity index (χ4n) is 2.88. The summed E-state index contributed by atoms with van der Waals surface area (Å²) in [4.78, 5) is 8.93. The van der Waals surface area contributed by atoms with Gasteiger partial charge in [-0.2, -0.15) is 0 Å². The van der Waals surface area contributed by atoms with Gasteiger partial charge < -0.3 is 13.9 Å². The number of nitrogens with zero attached hydrogens (tertiary/aromatic N) is 2. The van der Waals surface area contributed by atoms with Gasteiger partial charge in [-0.15, -0.1) is 0 Å². The average molecular weight is 365 g/mol. The van der Waals surface area contributed by atoms with Crippen molar-refractivity contribution in [1.82, 2.24) is 9.97 Å². The Balaban J connectivity index is 1.95. The SMILES string of the molecule is C#COc1cc(Cl)c2oc(-c3cc(C)cc4nc(OC)cnc34)cc2c1. The van der Waals surface area contributed by atoms with Crippen LogP contribution in [0.1, 0.15) is 5.56 Å². The van der Waals surface area contributed by atoms with Crippen LogP contribution in [0.3, 0.4) is 0 Å². The van der Waals surface area contributed by atoms with E-state index in [1.807, 2.05) is 25.1 Å². The van der Waals surface area contributed by atoms with Crippen molar-refractivity contribution in [3.05, 3.63) is 47.1 Å². The van der Waals surface area contributed by atoms with E-state index in [-0.39, 0.29) is 0 Å². The van der Waals surface area contributed by atoms with Gasteiger partial charge in [-0.1, -0.05) is 18.0 Å². The molecule has 2 aromatic carbocycles. The second-order valence-corrected chi connectivity index (χ2v) is 6.15. The van der Waals surface area contributed by atoms with Crippen LogP contribution >= 0.6 is 11.6 Å². The molecule has 26 heavy (non-hydrogen) atoms. The van der Waals surface area contributed by atoms with Gasteiger partial charge in [-0.3, -0.25) is 0 Å². The summed E-state index contributed by atoms with van der Waals surface area (Å²) < 4.78 is 16.3. The molecule has 2 heterocycles. The zero-order chi connectivity index (χ0) is 18.3. The zero-order valence-corrected chi connectivity index (χ0v) is 14.8. The van der Waals surface area contributed by atoms with Gasteiger partial charge in [0.2, 0.25) is 5.88 Å². The van der Waals surface area contributed by atoms with Gasteiger partial charge >= 0.3 is 0 Å². The second-order valence-electron chi connectivity index (χ2n) is 5.75. The minimum atomic E-state index is 0.420. The van der Waals surface area contributed by atoms with Crippen molar-refractivity contribution in [2.75, 3.05) is 7.11 Å². The Morgan fingerprint density at radius 1 is 1.19 bits per heavy atom. The molecule has 0 unspecified atom stereocenters. The number of fused-ring (bicyclic) bond motifs is 2. The highest BCUT2D eigenvalue weighted by molar-refractivity contribution is 6.35. The standard InChI is InChI=1S/C20H13ClN2O3/c1-4-25-13-7-12-8-17(26-20(12)15(21)9-13)14-5-11(2)6-16-19(14)22-10-18(23-16)24-3/h1,5-10H,2-3H3.